The molecule has 1 spiro atoms. The third kappa shape index (κ3) is 1.35. The molecule has 0 bridgehead atoms. The Hall–Kier alpha value is -2.17. The zero-order valence-corrected chi connectivity index (χ0v) is 11.1. The molecule has 3 N–H and O–H groups in total. The molecule has 5 heteroatoms. The minimum Gasteiger partial charge on any atom is -0.368 e. The normalized spacial score (nSPS) is 31.2. The number of nitrogens with one attached hydrogen (secondary N) is 1. The number of nitrogens with two attached hydrogens (primary N) is 1. The Balaban J connectivity index is 1.95. The van der Waals surface area contributed by atoms with Crippen LogP contribution in [0, 0.1) is 5.92 Å². The molecule has 2 aliphatic heterocycles. The molecule has 1 saturated carbocycles. The van der Waals surface area contributed by atoms with Crippen LogP contribution in [0.15, 0.2) is 34.3 Å². The van der Waals surface area contributed by atoms with Crippen molar-refractivity contribution in [1.82, 2.24) is 0 Å². The van der Waals surface area contributed by atoms with Gasteiger partial charge in [-0.25, -0.2) is 9.98 Å². The Morgan fingerprint density at radius 2 is 2.15 bits per heavy atom. The van der Waals surface area contributed by atoms with E-state index in [1.54, 1.807) is 0 Å². The van der Waals surface area contributed by atoms with Gasteiger partial charge in [-0.3, -0.25) is 4.79 Å². The van der Waals surface area contributed by atoms with E-state index in [1.165, 1.54) is 0 Å². The lowest BCUT2D eigenvalue weighted by molar-refractivity contribution is -0.121. The molecule has 4 rings (SSSR count). The van der Waals surface area contributed by atoms with Crippen molar-refractivity contribution in [3.05, 3.63) is 29.8 Å². The standard InChI is InChI=1S/C15H16N4O/c16-14-18-12-8-4-2-6-10(12)15(19-14)9-5-1-3-7-11(9)17-13(15)20/h1,3,5,7,10H,2,4,6,8H2,(H2,16,19)(H,17,20). The fourth-order valence-electron chi connectivity index (χ4n) is 3.73. The van der Waals surface area contributed by atoms with Crippen molar-refractivity contribution in [2.24, 2.45) is 21.6 Å². The molecule has 0 saturated heterocycles. The Morgan fingerprint density at radius 3 is 3.05 bits per heavy atom. The van der Waals surface area contributed by atoms with Crippen LogP contribution in [0.3, 0.4) is 0 Å². The summed E-state index contributed by atoms with van der Waals surface area (Å²) in [7, 11) is 0. The summed E-state index contributed by atoms with van der Waals surface area (Å²) in [5.74, 6) is 0.207. The van der Waals surface area contributed by atoms with Crippen molar-refractivity contribution < 1.29 is 4.79 Å². The monoisotopic (exact) mass is 268 g/mol. The lowest BCUT2D eigenvalue weighted by Crippen LogP contribution is -2.49. The SMILES string of the molecule is NC1=NC2(C(=O)Nc3ccccc32)C2CCCCC2=N1. The van der Waals surface area contributed by atoms with Crippen LogP contribution in [0.4, 0.5) is 5.69 Å². The first-order valence-corrected chi connectivity index (χ1v) is 7.05. The summed E-state index contributed by atoms with van der Waals surface area (Å²) in [6.07, 6.45) is 4.08. The molecular weight excluding hydrogens is 252 g/mol. The van der Waals surface area contributed by atoms with Gasteiger partial charge < -0.3 is 11.1 Å². The highest BCUT2D eigenvalue weighted by molar-refractivity contribution is 6.13. The number of amides is 1. The van der Waals surface area contributed by atoms with Crippen LogP contribution in [-0.4, -0.2) is 17.6 Å². The van der Waals surface area contributed by atoms with E-state index in [0.29, 0.717) is 0 Å². The van der Waals surface area contributed by atoms with Crippen LogP contribution in [0.5, 0.6) is 0 Å². The number of hydrogen-bond donors (Lipinski definition) is 2. The van der Waals surface area contributed by atoms with Gasteiger partial charge in [-0.1, -0.05) is 24.6 Å². The molecule has 2 heterocycles. The van der Waals surface area contributed by atoms with Crippen molar-refractivity contribution in [3.63, 3.8) is 0 Å². The molecule has 2 atom stereocenters. The Kier molecular flexibility index (Phi) is 2.28. The summed E-state index contributed by atoms with van der Waals surface area (Å²) in [5.41, 5.74) is 7.83. The fraction of sp³-hybridized carbons (Fsp3) is 0.400. The van der Waals surface area contributed by atoms with Gasteiger partial charge in [0.1, 0.15) is 0 Å². The molecule has 1 fully saturated rings. The van der Waals surface area contributed by atoms with Crippen LogP contribution in [0.2, 0.25) is 0 Å². The molecule has 0 aromatic heterocycles. The molecule has 2 unspecified atom stereocenters. The van der Waals surface area contributed by atoms with E-state index < -0.39 is 5.54 Å². The average Bonchev–Trinajstić information content (AvgIpc) is 2.72. The first-order chi connectivity index (χ1) is 9.72. The summed E-state index contributed by atoms with van der Waals surface area (Å²) >= 11 is 0. The van der Waals surface area contributed by atoms with Gasteiger partial charge in [-0.15, -0.1) is 0 Å². The smallest absolute Gasteiger partial charge is 0.257 e. The molecule has 102 valence electrons. The second-order valence-corrected chi connectivity index (χ2v) is 5.64. The Morgan fingerprint density at radius 1 is 1.30 bits per heavy atom. The van der Waals surface area contributed by atoms with E-state index in [2.05, 4.69) is 15.3 Å². The minimum absolute atomic E-state index is 0.0483. The first-order valence-electron chi connectivity index (χ1n) is 7.05. The van der Waals surface area contributed by atoms with E-state index in [1.807, 2.05) is 24.3 Å². The fourth-order valence-corrected chi connectivity index (χ4v) is 3.73. The number of guanidine groups is 1. The number of anilines is 1. The molecule has 1 aliphatic carbocycles. The molecule has 5 nitrogen and oxygen atoms in total. The van der Waals surface area contributed by atoms with E-state index in [4.69, 9.17) is 5.73 Å². The number of nitrogens with zero attached hydrogens (tertiary/aromatic N) is 2. The maximum atomic E-state index is 12.7. The molecule has 3 aliphatic rings. The molecular formula is C15H16N4O. The number of carbonyl (C=O) groups is 1. The molecule has 1 aromatic carbocycles. The Labute approximate surface area is 117 Å². The number of aliphatic imine (C=N–C) groups is 2. The topological polar surface area (TPSA) is 79.8 Å². The maximum Gasteiger partial charge on any atom is 0.257 e. The van der Waals surface area contributed by atoms with Crippen molar-refractivity contribution >= 4 is 23.3 Å². The lowest BCUT2D eigenvalue weighted by Gasteiger charge is -2.38. The molecule has 0 radical (unpaired) electrons. The maximum absolute atomic E-state index is 12.7. The highest BCUT2D eigenvalue weighted by Gasteiger charge is 2.55. The number of carbonyl (C=O) groups excluding carboxylic acids is 1. The van der Waals surface area contributed by atoms with Crippen LogP contribution >= 0.6 is 0 Å². The molecule has 1 amide bonds. The van der Waals surface area contributed by atoms with Gasteiger partial charge in [0.05, 0.1) is 0 Å². The summed E-state index contributed by atoms with van der Waals surface area (Å²) < 4.78 is 0. The highest BCUT2D eigenvalue weighted by Crippen LogP contribution is 2.49. The van der Waals surface area contributed by atoms with Crippen molar-refractivity contribution in [2.45, 2.75) is 31.2 Å². The number of para-hydroxylation sites is 1. The van der Waals surface area contributed by atoms with Gasteiger partial charge in [0.15, 0.2) is 5.54 Å². The first kappa shape index (κ1) is 11.6. The predicted octanol–water partition coefficient (Wildman–Crippen LogP) is 1.79. The molecule has 1 aromatic rings. The summed E-state index contributed by atoms with van der Waals surface area (Å²) in [6, 6.07) is 7.76. The van der Waals surface area contributed by atoms with Crippen LogP contribution < -0.4 is 11.1 Å². The van der Waals surface area contributed by atoms with Gasteiger partial charge >= 0.3 is 0 Å². The largest absolute Gasteiger partial charge is 0.368 e. The van der Waals surface area contributed by atoms with Gasteiger partial charge in [0.2, 0.25) is 5.96 Å². The lowest BCUT2D eigenvalue weighted by atomic mass is 9.70. The van der Waals surface area contributed by atoms with Crippen molar-refractivity contribution in [1.29, 1.82) is 0 Å². The van der Waals surface area contributed by atoms with Gasteiger partial charge in [-0.05, 0) is 25.3 Å². The second kappa shape index (κ2) is 3.91. The van der Waals surface area contributed by atoms with E-state index in [-0.39, 0.29) is 17.8 Å². The van der Waals surface area contributed by atoms with Crippen LogP contribution in [0.25, 0.3) is 0 Å². The number of hydrogen-bond acceptors (Lipinski definition) is 4. The van der Waals surface area contributed by atoms with Gasteiger partial charge in [0.25, 0.3) is 5.91 Å². The predicted molar refractivity (Wildman–Crippen MR) is 77.8 cm³/mol. The van der Waals surface area contributed by atoms with E-state index in [0.717, 1.165) is 42.6 Å². The van der Waals surface area contributed by atoms with Crippen molar-refractivity contribution in [3.8, 4) is 0 Å². The summed E-state index contributed by atoms with van der Waals surface area (Å²) in [5, 5.41) is 2.95. The number of rotatable bonds is 0. The molecule has 20 heavy (non-hydrogen) atoms. The number of fused-ring (bicyclic) bond motifs is 4. The third-order valence-corrected chi connectivity index (χ3v) is 4.56. The van der Waals surface area contributed by atoms with Crippen LogP contribution in [0.1, 0.15) is 31.2 Å². The van der Waals surface area contributed by atoms with E-state index in [9.17, 15) is 4.79 Å². The van der Waals surface area contributed by atoms with Gasteiger partial charge in [-0.2, -0.15) is 0 Å². The van der Waals surface area contributed by atoms with Crippen LogP contribution in [-0.2, 0) is 10.3 Å². The van der Waals surface area contributed by atoms with Gasteiger partial charge in [0, 0.05) is 22.9 Å². The number of benzene rings is 1. The van der Waals surface area contributed by atoms with Crippen molar-refractivity contribution in [2.75, 3.05) is 5.32 Å². The average molecular weight is 268 g/mol. The summed E-state index contributed by atoms with van der Waals surface area (Å²) in [4.78, 5) is 21.6. The summed E-state index contributed by atoms with van der Waals surface area (Å²) in [6.45, 7) is 0. The minimum atomic E-state index is -0.891. The zero-order chi connectivity index (χ0) is 13.7. The third-order valence-electron chi connectivity index (χ3n) is 4.56. The zero-order valence-electron chi connectivity index (χ0n) is 11.1. The highest BCUT2D eigenvalue weighted by atomic mass is 16.2. The quantitative estimate of drug-likeness (QED) is 0.752. The van der Waals surface area contributed by atoms with E-state index >= 15 is 0 Å². The Bertz CT molecular complexity index is 664. The second-order valence-electron chi connectivity index (χ2n) is 5.64.